The van der Waals surface area contributed by atoms with Crippen molar-refractivity contribution in [1.29, 1.82) is 0 Å². The average molecular weight is 223 g/mol. The summed E-state index contributed by atoms with van der Waals surface area (Å²) >= 11 is 0. The van der Waals surface area contributed by atoms with Gasteiger partial charge in [0.05, 0.1) is 0 Å². The van der Waals surface area contributed by atoms with Gasteiger partial charge in [0.1, 0.15) is 0 Å². The molecule has 1 amide bonds. The first-order valence-electron chi connectivity index (χ1n) is 4.84. The Kier molecular flexibility index (Phi) is 4.32. The van der Waals surface area contributed by atoms with Crippen molar-refractivity contribution in [2.75, 3.05) is 0 Å². The highest BCUT2D eigenvalue weighted by atomic mass is 16.4. The van der Waals surface area contributed by atoms with Crippen LogP contribution in [0.5, 0.6) is 0 Å². The quantitative estimate of drug-likeness (QED) is 0.705. The highest BCUT2D eigenvalue weighted by molar-refractivity contribution is 5.67. The van der Waals surface area contributed by atoms with E-state index in [1.54, 1.807) is 12.1 Å². The van der Waals surface area contributed by atoms with Crippen LogP contribution in [0.4, 0.5) is 4.79 Å². The Labute approximate surface area is 92.7 Å². The Morgan fingerprint density at radius 3 is 2.12 bits per heavy atom. The number of carboxylic acid groups (broad SMARTS) is 2. The number of nitrogens with one attached hydrogen (secondary N) is 1. The van der Waals surface area contributed by atoms with Crippen LogP contribution in [-0.2, 0) is 17.8 Å². The largest absolute Gasteiger partial charge is 0.481 e. The van der Waals surface area contributed by atoms with Crippen LogP contribution in [0.3, 0.4) is 0 Å². The first-order valence-corrected chi connectivity index (χ1v) is 4.84. The van der Waals surface area contributed by atoms with Crippen molar-refractivity contribution in [1.82, 2.24) is 5.32 Å². The summed E-state index contributed by atoms with van der Waals surface area (Å²) in [5.74, 6) is -0.823. The van der Waals surface area contributed by atoms with Crippen molar-refractivity contribution in [3.63, 3.8) is 0 Å². The number of rotatable bonds is 5. The van der Waals surface area contributed by atoms with E-state index in [1.165, 1.54) is 0 Å². The lowest BCUT2D eigenvalue weighted by molar-refractivity contribution is -0.136. The number of hydrogen-bond acceptors (Lipinski definition) is 2. The van der Waals surface area contributed by atoms with E-state index in [9.17, 15) is 9.59 Å². The van der Waals surface area contributed by atoms with Gasteiger partial charge in [-0.1, -0.05) is 24.3 Å². The molecule has 1 aromatic rings. The van der Waals surface area contributed by atoms with Gasteiger partial charge in [0.25, 0.3) is 0 Å². The molecule has 0 aliphatic carbocycles. The second kappa shape index (κ2) is 5.75. The minimum Gasteiger partial charge on any atom is -0.481 e. The standard InChI is InChI=1S/C11H13NO4/c13-10(14)6-5-8-1-3-9(4-2-8)7-12-11(15)16/h1-4,12H,5-7H2,(H,13,14)(H,15,16). The lowest BCUT2D eigenvalue weighted by Gasteiger charge is -2.03. The number of carboxylic acids is 1. The van der Waals surface area contributed by atoms with E-state index in [0.717, 1.165) is 11.1 Å². The third-order valence-electron chi connectivity index (χ3n) is 2.09. The summed E-state index contributed by atoms with van der Waals surface area (Å²) in [6.45, 7) is 0.258. The summed E-state index contributed by atoms with van der Waals surface area (Å²) in [4.78, 5) is 20.6. The fourth-order valence-corrected chi connectivity index (χ4v) is 1.25. The van der Waals surface area contributed by atoms with Crippen molar-refractivity contribution in [3.8, 4) is 0 Å². The summed E-state index contributed by atoms with van der Waals surface area (Å²) in [5.41, 5.74) is 1.78. The van der Waals surface area contributed by atoms with Crippen LogP contribution in [-0.4, -0.2) is 22.3 Å². The van der Waals surface area contributed by atoms with E-state index in [0.29, 0.717) is 6.42 Å². The maximum Gasteiger partial charge on any atom is 0.404 e. The Balaban J connectivity index is 2.47. The molecule has 0 heterocycles. The van der Waals surface area contributed by atoms with Gasteiger partial charge in [-0.05, 0) is 17.5 Å². The molecule has 5 nitrogen and oxygen atoms in total. The van der Waals surface area contributed by atoms with E-state index in [4.69, 9.17) is 10.2 Å². The molecule has 3 N–H and O–H groups in total. The van der Waals surface area contributed by atoms with Gasteiger partial charge in [-0.25, -0.2) is 4.79 Å². The molecule has 0 fully saturated rings. The molecule has 0 aliphatic rings. The summed E-state index contributed by atoms with van der Waals surface area (Å²) < 4.78 is 0. The average Bonchev–Trinajstić information content (AvgIpc) is 2.25. The molecule has 0 unspecified atom stereocenters. The molecule has 5 heteroatoms. The van der Waals surface area contributed by atoms with Crippen LogP contribution in [0.1, 0.15) is 17.5 Å². The highest BCUT2D eigenvalue weighted by Crippen LogP contribution is 2.06. The van der Waals surface area contributed by atoms with Gasteiger partial charge < -0.3 is 15.5 Å². The first kappa shape index (κ1) is 12.0. The van der Waals surface area contributed by atoms with Crippen LogP contribution >= 0.6 is 0 Å². The molecule has 0 saturated carbocycles. The van der Waals surface area contributed by atoms with E-state index in [2.05, 4.69) is 5.32 Å². The topological polar surface area (TPSA) is 86.6 Å². The van der Waals surface area contributed by atoms with Gasteiger partial charge in [-0.15, -0.1) is 0 Å². The van der Waals surface area contributed by atoms with Crippen molar-refractivity contribution in [2.24, 2.45) is 0 Å². The number of benzene rings is 1. The van der Waals surface area contributed by atoms with Gasteiger partial charge in [-0.3, -0.25) is 4.79 Å². The minimum atomic E-state index is -1.06. The summed E-state index contributed by atoms with van der Waals surface area (Å²) in [6.07, 6.45) is -0.468. The SMILES string of the molecule is O=C(O)CCc1ccc(CNC(=O)O)cc1. The van der Waals surface area contributed by atoms with E-state index in [-0.39, 0.29) is 13.0 Å². The minimum absolute atomic E-state index is 0.104. The molecule has 0 atom stereocenters. The lowest BCUT2D eigenvalue weighted by Crippen LogP contribution is -2.19. The summed E-state index contributed by atoms with van der Waals surface area (Å²) in [6, 6.07) is 7.18. The molecule has 16 heavy (non-hydrogen) atoms. The maximum absolute atomic E-state index is 10.3. The molecular weight excluding hydrogens is 210 g/mol. The molecular formula is C11H13NO4. The van der Waals surface area contributed by atoms with Crippen molar-refractivity contribution in [3.05, 3.63) is 35.4 Å². The fraction of sp³-hybridized carbons (Fsp3) is 0.273. The lowest BCUT2D eigenvalue weighted by atomic mass is 10.1. The first-order chi connectivity index (χ1) is 7.58. The fourth-order valence-electron chi connectivity index (χ4n) is 1.25. The smallest absolute Gasteiger partial charge is 0.404 e. The van der Waals surface area contributed by atoms with Crippen LogP contribution in [0, 0.1) is 0 Å². The maximum atomic E-state index is 10.3. The van der Waals surface area contributed by atoms with E-state index >= 15 is 0 Å². The molecule has 0 aliphatic heterocycles. The van der Waals surface area contributed by atoms with E-state index in [1.807, 2.05) is 12.1 Å². The number of aryl methyl sites for hydroxylation is 1. The van der Waals surface area contributed by atoms with Gasteiger partial charge >= 0.3 is 12.1 Å². The zero-order valence-corrected chi connectivity index (χ0v) is 8.64. The summed E-state index contributed by atoms with van der Waals surface area (Å²) in [5, 5.41) is 19.2. The molecule has 0 saturated heterocycles. The van der Waals surface area contributed by atoms with E-state index < -0.39 is 12.1 Å². The Morgan fingerprint density at radius 1 is 1.06 bits per heavy atom. The molecule has 0 aromatic heterocycles. The monoisotopic (exact) mass is 223 g/mol. The third-order valence-corrected chi connectivity index (χ3v) is 2.09. The van der Waals surface area contributed by atoms with Crippen molar-refractivity contribution >= 4 is 12.1 Å². The zero-order valence-electron chi connectivity index (χ0n) is 8.64. The zero-order chi connectivity index (χ0) is 12.0. The Bertz CT molecular complexity index is 335. The van der Waals surface area contributed by atoms with Crippen molar-refractivity contribution < 1.29 is 19.8 Å². The molecule has 0 bridgehead atoms. The van der Waals surface area contributed by atoms with Crippen LogP contribution in [0.15, 0.2) is 24.3 Å². The van der Waals surface area contributed by atoms with Crippen LogP contribution in [0.25, 0.3) is 0 Å². The van der Waals surface area contributed by atoms with Gasteiger partial charge in [-0.2, -0.15) is 0 Å². The highest BCUT2D eigenvalue weighted by Gasteiger charge is 2.00. The normalized spacial score (nSPS) is 9.75. The molecule has 1 aromatic carbocycles. The predicted octanol–water partition coefficient (Wildman–Crippen LogP) is 1.47. The number of carbonyl (C=O) groups is 2. The van der Waals surface area contributed by atoms with Gasteiger partial charge in [0.2, 0.25) is 0 Å². The molecule has 86 valence electrons. The molecule has 0 spiro atoms. The third kappa shape index (κ3) is 4.45. The van der Waals surface area contributed by atoms with Crippen LogP contribution < -0.4 is 5.32 Å². The number of aliphatic carboxylic acids is 1. The number of amides is 1. The van der Waals surface area contributed by atoms with Crippen molar-refractivity contribution in [2.45, 2.75) is 19.4 Å². The van der Waals surface area contributed by atoms with Gasteiger partial charge in [0, 0.05) is 13.0 Å². The molecule has 0 radical (unpaired) electrons. The predicted molar refractivity (Wildman–Crippen MR) is 57.3 cm³/mol. The Morgan fingerprint density at radius 2 is 1.62 bits per heavy atom. The molecule has 1 rings (SSSR count). The van der Waals surface area contributed by atoms with Crippen LogP contribution in [0.2, 0.25) is 0 Å². The second-order valence-corrected chi connectivity index (χ2v) is 3.37. The second-order valence-electron chi connectivity index (χ2n) is 3.37. The number of hydrogen-bond donors (Lipinski definition) is 3. The summed E-state index contributed by atoms with van der Waals surface area (Å²) in [7, 11) is 0. The Hall–Kier alpha value is -2.04. The van der Waals surface area contributed by atoms with Gasteiger partial charge in [0.15, 0.2) is 0 Å².